The Kier molecular flexibility index (Phi) is 4.87. The van der Waals surface area contributed by atoms with Gasteiger partial charge in [-0.15, -0.1) is 0 Å². The summed E-state index contributed by atoms with van der Waals surface area (Å²) >= 11 is 0. The summed E-state index contributed by atoms with van der Waals surface area (Å²) in [6.45, 7) is 4.70. The Hall–Kier alpha value is -2.43. The highest BCUT2D eigenvalue weighted by atomic mass is 16.2. The molecule has 110 valence electrons. The van der Waals surface area contributed by atoms with E-state index in [0.29, 0.717) is 13.1 Å². The van der Waals surface area contributed by atoms with E-state index < -0.39 is 0 Å². The predicted octanol–water partition coefficient (Wildman–Crippen LogP) is 2.38. The number of anilines is 1. The van der Waals surface area contributed by atoms with Gasteiger partial charge in [0.05, 0.1) is 12.2 Å². The van der Waals surface area contributed by atoms with Crippen molar-refractivity contribution < 1.29 is 4.79 Å². The van der Waals surface area contributed by atoms with E-state index in [1.807, 2.05) is 37.3 Å². The first-order valence-corrected chi connectivity index (χ1v) is 6.87. The van der Waals surface area contributed by atoms with Crippen molar-refractivity contribution in [2.75, 3.05) is 12.4 Å². The van der Waals surface area contributed by atoms with Crippen molar-refractivity contribution in [3.8, 4) is 0 Å². The molecule has 2 rings (SSSR count). The van der Waals surface area contributed by atoms with Crippen molar-refractivity contribution in [1.29, 1.82) is 0 Å². The molecule has 0 atom stereocenters. The van der Waals surface area contributed by atoms with Gasteiger partial charge in [-0.1, -0.05) is 12.1 Å². The smallest absolute Gasteiger partial charge is 0.219 e. The van der Waals surface area contributed by atoms with Crippen LogP contribution < -0.4 is 5.32 Å². The van der Waals surface area contributed by atoms with E-state index in [0.717, 1.165) is 22.8 Å². The summed E-state index contributed by atoms with van der Waals surface area (Å²) in [7, 11) is 1.80. The summed E-state index contributed by atoms with van der Waals surface area (Å²) in [5.74, 6) is 0.830. The average molecular weight is 284 g/mol. The zero-order valence-electron chi connectivity index (χ0n) is 12.6. The van der Waals surface area contributed by atoms with Gasteiger partial charge >= 0.3 is 0 Å². The van der Waals surface area contributed by atoms with Crippen LogP contribution in [-0.4, -0.2) is 27.8 Å². The molecule has 0 fully saturated rings. The van der Waals surface area contributed by atoms with E-state index in [-0.39, 0.29) is 5.91 Å². The number of rotatable bonds is 5. The van der Waals surface area contributed by atoms with E-state index in [2.05, 4.69) is 15.3 Å². The van der Waals surface area contributed by atoms with Crippen molar-refractivity contribution in [3.63, 3.8) is 0 Å². The van der Waals surface area contributed by atoms with Crippen molar-refractivity contribution in [2.24, 2.45) is 0 Å². The largest absolute Gasteiger partial charge is 0.379 e. The van der Waals surface area contributed by atoms with Gasteiger partial charge in [0.15, 0.2) is 0 Å². The average Bonchev–Trinajstić information content (AvgIpc) is 2.45. The monoisotopic (exact) mass is 284 g/mol. The van der Waals surface area contributed by atoms with Crippen LogP contribution in [0.1, 0.15) is 24.0 Å². The predicted molar refractivity (Wildman–Crippen MR) is 82.7 cm³/mol. The van der Waals surface area contributed by atoms with Gasteiger partial charge in [0.1, 0.15) is 5.82 Å². The molecule has 0 aliphatic carbocycles. The molecule has 0 saturated carbocycles. The highest BCUT2D eigenvalue weighted by Gasteiger charge is 2.04. The SMILES string of the molecule is CC(=O)N(C)Cc1cccc(NCc2ccnc(C)n2)c1. The molecule has 0 saturated heterocycles. The highest BCUT2D eigenvalue weighted by molar-refractivity contribution is 5.72. The number of nitrogens with zero attached hydrogens (tertiary/aromatic N) is 3. The first-order chi connectivity index (χ1) is 10.0. The molecule has 1 aromatic carbocycles. The first kappa shape index (κ1) is 15.0. The number of benzene rings is 1. The second-order valence-corrected chi connectivity index (χ2v) is 5.02. The second kappa shape index (κ2) is 6.83. The standard InChI is InChI=1S/C16H20N4O/c1-12-17-8-7-16(19-12)10-18-15-6-4-5-14(9-15)11-20(3)13(2)21/h4-9,18H,10-11H2,1-3H3. The van der Waals surface area contributed by atoms with Crippen molar-refractivity contribution >= 4 is 11.6 Å². The van der Waals surface area contributed by atoms with Gasteiger partial charge < -0.3 is 10.2 Å². The fraction of sp³-hybridized carbons (Fsp3) is 0.312. The Morgan fingerprint density at radius 1 is 1.33 bits per heavy atom. The van der Waals surface area contributed by atoms with E-state index in [1.54, 1.807) is 25.1 Å². The maximum atomic E-state index is 11.3. The Morgan fingerprint density at radius 2 is 2.14 bits per heavy atom. The molecule has 2 aromatic rings. The van der Waals surface area contributed by atoms with Crippen molar-refractivity contribution in [1.82, 2.24) is 14.9 Å². The van der Waals surface area contributed by atoms with E-state index in [9.17, 15) is 4.79 Å². The van der Waals surface area contributed by atoms with Crippen LogP contribution in [0, 0.1) is 6.92 Å². The van der Waals surface area contributed by atoms with Crippen LogP contribution in [0.4, 0.5) is 5.69 Å². The second-order valence-electron chi connectivity index (χ2n) is 5.02. The molecule has 5 heteroatoms. The number of carbonyl (C=O) groups is 1. The normalized spacial score (nSPS) is 10.2. The molecule has 0 spiro atoms. The van der Waals surface area contributed by atoms with Crippen LogP contribution >= 0.6 is 0 Å². The van der Waals surface area contributed by atoms with Gasteiger partial charge in [-0.2, -0.15) is 0 Å². The first-order valence-electron chi connectivity index (χ1n) is 6.87. The van der Waals surface area contributed by atoms with E-state index >= 15 is 0 Å². The Balaban J connectivity index is 1.99. The molecule has 0 unspecified atom stereocenters. The molecule has 1 aromatic heterocycles. The van der Waals surface area contributed by atoms with Crippen LogP contribution in [0.25, 0.3) is 0 Å². The van der Waals surface area contributed by atoms with Crippen LogP contribution in [0.3, 0.4) is 0 Å². The van der Waals surface area contributed by atoms with E-state index in [4.69, 9.17) is 0 Å². The van der Waals surface area contributed by atoms with Gasteiger partial charge in [0.25, 0.3) is 0 Å². The summed E-state index contributed by atoms with van der Waals surface area (Å²) in [4.78, 5) is 21.4. The van der Waals surface area contributed by atoms with Crippen molar-refractivity contribution in [3.05, 3.63) is 53.6 Å². The molecule has 1 N–H and O–H groups in total. The molecule has 1 heterocycles. The minimum Gasteiger partial charge on any atom is -0.379 e. The lowest BCUT2D eigenvalue weighted by Crippen LogP contribution is -2.23. The van der Waals surface area contributed by atoms with Crippen LogP contribution in [0.15, 0.2) is 36.5 Å². The molecule has 21 heavy (non-hydrogen) atoms. The lowest BCUT2D eigenvalue weighted by molar-refractivity contribution is -0.128. The van der Waals surface area contributed by atoms with Crippen LogP contribution in [0.5, 0.6) is 0 Å². The van der Waals surface area contributed by atoms with Crippen LogP contribution in [-0.2, 0) is 17.9 Å². The quantitative estimate of drug-likeness (QED) is 0.916. The van der Waals surface area contributed by atoms with Gasteiger partial charge in [-0.3, -0.25) is 4.79 Å². The number of hydrogen-bond donors (Lipinski definition) is 1. The van der Waals surface area contributed by atoms with Gasteiger partial charge in [0, 0.05) is 32.4 Å². The zero-order chi connectivity index (χ0) is 15.2. The van der Waals surface area contributed by atoms with Crippen LogP contribution in [0.2, 0.25) is 0 Å². The van der Waals surface area contributed by atoms with Crippen molar-refractivity contribution in [2.45, 2.75) is 26.9 Å². The maximum absolute atomic E-state index is 11.3. The number of carbonyl (C=O) groups excluding carboxylic acids is 1. The summed E-state index contributed by atoms with van der Waals surface area (Å²) in [5.41, 5.74) is 3.06. The molecule has 0 radical (unpaired) electrons. The Bertz CT molecular complexity index is 627. The topological polar surface area (TPSA) is 58.1 Å². The third-order valence-corrected chi connectivity index (χ3v) is 3.19. The summed E-state index contributed by atoms with van der Waals surface area (Å²) in [6.07, 6.45) is 1.76. The minimum atomic E-state index is 0.0600. The molecular weight excluding hydrogens is 264 g/mol. The third kappa shape index (κ3) is 4.56. The molecule has 5 nitrogen and oxygen atoms in total. The Morgan fingerprint density at radius 3 is 2.86 bits per heavy atom. The minimum absolute atomic E-state index is 0.0600. The highest BCUT2D eigenvalue weighted by Crippen LogP contribution is 2.13. The summed E-state index contributed by atoms with van der Waals surface area (Å²) < 4.78 is 0. The molecule has 0 bridgehead atoms. The summed E-state index contributed by atoms with van der Waals surface area (Å²) in [6, 6.07) is 9.95. The lowest BCUT2D eigenvalue weighted by Gasteiger charge is -2.15. The molecule has 1 amide bonds. The fourth-order valence-electron chi connectivity index (χ4n) is 1.96. The molecular formula is C16H20N4O. The Labute approximate surface area is 125 Å². The third-order valence-electron chi connectivity index (χ3n) is 3.19. The number of amides is 1. The number of aromatic nitrogens is 2. The van der Waals surface area contributed by atoms with E-state index in [1.165, 1.54) is 0 Å². The fourth-order valence-corrected chi connectivity index (χ4v) is 1.96. The number of hydrogen-bond acceptors (Lipinski definition) is 4. The zero-order valence-corrected chi connectivity index (χ0v) is 12.6. The maximum Gasteiger partial charge on any atom is 0.219 e. The lowest BCUT2D eigenvalue weighted by atomic mass is 10.2. The van der Waals surface area contributed by atoms with Gasteiger partial charge in [-0.05, 0) is 30.7 Å². The number of nitrogens with one attached hydrogen (secondary N) is 1. The number of aryl methyl sites for hydroxylation is 1. The van der Waals surface area contributed by atoms with Gasteiger partial charge in [-0.25, -0.2) is 9.97 Å². The molecule has 0 aliphatic heterocycles. The summed E-state index contributed by atoms with van der Waals surface area (Å²) in [5, 5.41) is 3.34. The molecule has 0 aliphatic rings. The van der Waals surface area contributed by atoms with Gasteiger partial charge in [0.2, 0.25) is 5.91 Å².